The van der Waals surface area contributed by atoms with Crippen LogP contribution in [-0.2, 0) is 9.59 Å². The van der Waals surface area contributed by atoms with Crippen molar-refractivity contribution in [2.24, 2.45) is 0 Å². The van der Waals surface area contributed by atoms with Crippen molar-refractivity contribution in [3.8, 4) is 0 Å². The van der Waals surface area contributed by atoms with E-state index in [-0.39, 0.29) is 41.0 Å². The van der Waals surface area contributed by atoms with Crippen molar-refractivity contribution in [3.05, 3.63) is 30.1 Å². The van der Waals surface area contributed by atoms with Crippen LogP contribution in [0.4, 0.5) is 10.1 Å². The highest BCUT2D eigenvalue weighted by Crippen LogP contribution is 2.16. The monoisotopic (exact) mass is 375 g/mol. The van der Waals surface area contributed by atoms with Crippen molar-refractivity contribution in [1.82, 2.24) is 10.2 Å². The molecule has 0 spiro atoms. The first-order chi connectivity index (χ1) is 11.0. The number of halogens is 2. The largest absolute Gasteiger partial charge is 0.339 e. The van der Waals surface area contributed by atoms with Gasteiger partial charge in [-0.2, -0.15) is 0 Å². The molecule has 0 aliphatic carbocycles. The van der Waals surface area contributed by atoms with E-state index in [0.717, 1.165) is 6.54 Å². The number of thioether (sulfide) groups is 1. The summed E-state index contributed by atoms with van der Waals surface area (Å²) in [5.74, 6) is -0.291. The summed E-state index contributed by atoms with van der Waals surface area (Å²) in [5, 5.41) is 5.72. The topological polar surface area (TPSA) is 61.4 Å². The lowest BCUT2D eigenvalue weighted by Gasteiger charge is -2.33. The molecule has 24 heavy (non-hydrogen) atoms. The van der Waals surface area contributed by atoms with Crippen molar-refractivity contribution >= 4 is 41.7 Å². The van der Waals surface area contributed by atoms with E-state index < -0.39 is 0 Å². The number of piperazine rings is 1. The number of nitrogens with one attached hydrogen (secondary N) is 2. The van der Waals surface area contributed by atoms with E-state index in [0.29, 0.717) is 24.8 Å². The minimum Gasteiger partial charge on any atom is -0.339 e. The summed E-state index contributed by atoms with van der Waals surface area (Å²) in [6.07, 6.45) is 0. The molecule has 1 fully saturated rings. The molecule has 1 saturated heterocycles. The molecule has 2 atom stereocenters. The van der Waals surface area contributed by atoms with Gasteiger partial charge in [0.05, 0.1) is 11.0 Å². The number of hydrogen-bond donors (Lipinski definition) is 2. The zero-order chi connectivity index (χ0) is 16.8. The standard InChI is InChI=1S/C16H22FN3O2S.ClH/c1-11-9-20(8-7-18-11)16(22)12(2)23-10-15(21)19-14-5-3-13(17)4-6-14;/h3-6,11-12,18H,7-10H2,1-2H3,(H,19,21);1H. The molecular formula is C16H23ClFN3O2S. The number of carbonyl (C=O) groups is 2. The molecule has 1 aromatic rings. The molecule has 1 aliphatic heterocycles. The highest BCUT2D eigenvalue weighted by Gasteiger charge is 2.25. The molecule has 0 radical (unpaired) electrons. The van der Waals surface area contributed by atoms with Crippen LogP contribution in [0, 0.1) is 5.82 Å². The molecule has 2 amide bonds. The first-order valence-corrected chi connectivity index (χ1v) is 8.70. The van der Waals surface area contributed by atoms with Gasteiger partial charge >= 0.3 is 0 Å². The van der Waals surface area contributed by atoms with E-state index in [1.807, 2.05) is 18.7 Å². The molecule has 1 heterocycles. The summed E-state index contributed by atoms with van der Waals surface area (Å²) < 4.78 is 12.8. The molecule has 0 bridgehead atoms. The van der Waals surface area contributed by atoms with Gasteiger partial charge in [-0.1, -0.05) is 0 Å². The van der Waals surface area contributed by atoms with E-state index in [4.69, 9.17) is 0 Å². The second-order valence-electron chi connectivity index (χ2n) is 5.65. The van der Waals surface area contributed by atoms with E-state index in [1.54, 1.807) is 0 Å². The summed E-state index contributed by atoms with van der Waals surface area (Å²) in [6, 6.07) is 5.90. The van der Waals surface area contributed by atoms with Crippen LogP contribution in [0.1, 0.15) is 13.8 Å². The summed E-state index contributed by atoms with van der Waals surface area (Å²) >= 11 is 1.31. The number of amides is 2. The number of carbonyl (C=O) groups excluding carboxylic acids is 2. The normalized spacial score (nSPS) is 18.5. The van der Waals surface area contributed by atoms with Gasteiger partial charge in [0.2, 0.25) is 11.8 Å². The molecule has 2 rings (SSSR count). The number of rotatable bonds is 5. The van der Waals surface area contributed by atoms with Gasteiger partial charge in [0.15, 0.2) is 0 Å². The van der Waals surface area contributed by atoms with E-state index in [2.05, 4.69) is 10.6 Å². The van der Waals surface area contributed by atoms with Crippen LogP contribution >= 0.6 is 24.2 Å². The van der Waals surface area contributed by atoms with Gasteiger partial charge < -0.3 is 15.5 Å². The molecule has 0 aromatic heterocycles. The molecule has 5 nitrogen and oxygen atoms in total. The van der Waals surface area contributed by atoms with Crippen LogP contribution in [0.5, 0.6) is 0 Å². The second-order valence-corrected chi connectivity index (χ2v) is 6.98. The zero-order valence-corrected chi connectivity index (χ0v) is 15.4. The zero-order valence-electron chi connectivity index (χ0n) is 13.8. The number of anilines is 1. The Kier molecular flexibility index (Phi) is 8.52. The molecule has 1 aliphatic rings. The first kappa shape index (κ1) is 20.7. The highest BCUT2D eigenvalue weighted by atomic mass is 35.5. The number of hydrogen-bond acceptors (Lipinski definition) is 4. The number of benzene rings is 1. The van der Waals surface area contributed by atoms with E-state index in [1.165, 1.54) is 36.0 Å². The fourth-order valence-corrected chi connectivity index (χ4v) is 3.16. The maximum Gasteiger partial charge on any atom is 0.235 e. The fourth-order valence-electron chi connectivity index (χ4n) is 2.39. The van der Waals surface area contributed by atoms with Crippen molar-refractivity contribution < 1.29 is 14.0 Å². The molecular weight excluding hydrogens is 353 g/mol. The average Bonchev–Trinajstić information content (AvgIpc) is 2.54. The summed E-state index contributed by atoms with van der Waals surface area (Å²) in [6.45, 7) is 6.08. The van der Waals surface area contributed by atoms with Gasteiger partial charge in [0.1, 0.15) is 5.82 Å². The Morgan fingerprint density at radius 2 is 2.08 bits per heavy atom. The minimum absolute atomic E-state index is 0. The SMILES string of the molecule is CC1CN(C(=O)C(C)SCC(=O)Nc2ccc(F)cc2)CCN1.Cl. The Morgan fingerprint density at radius 3 is 2.71 bits per heavy atom. The Hall–Kier alpha value is -1.31. The van der Waals surface area contributed by atoms with Crippen molar-refractivity contribution in [2.45, 2.75) is 25.1 Å². The highest BCUT2D eigenvalue weighted by molar-refractivity contribution is 8.01. The average molecular weight is 376 g/mol. The third-order valence-corrected chi connectivity index (χ3v) is 4.75. The van der Waals surface area contributed by atoms with Gasteiger partial charge in [-0.3, -0.25) is 9.59 Å². The maximum absolute atomic E-state index is 12.8. The van der Waals surface area contributed by atoms with Crippen molar-refractivity contribution in [3.63, 3.8) is 0 Å². The number of nitrogens with zero attached hydrogens (tertiary/aromatic N) is 1. The third kappa shape index (κ3) is 6.30. The molecule has 1 aromatic carbocycles. The molecule has 8 heteroatoms. The lowest BCUT2D eigenvalue weighted by molar-refractivity contribution is -0.131. The lowest BCUT2D eigenvalue weighted by Crippen LogP contribution is -2.53. The summed E-state index contributed by atoms with van der Waals surface area (Å²) in [5.41, 5.74) is 0.548. The smallest absolute Gasteiger partial charge is 0.235 e. The van der Waals surface area contributed by atoms with E-state index >= 15 is 0 Å². The Morgan fingerprint density at radius 1 is 1.42 bits per heavy atom. The van der Waals surface area contributed by atoms with Crippen LogP contribution in [0.25, 0.3) is 0 Å². The van der Waals surface area contributed by atoms with Crippen LogP contribution in [0.2, 0.25) is 0 Å². The first-order valence-electron chi connectivity index (χ1n) is 7.65. The van der Waals surface area contributed by atoms with Gasteiger partial charge in [-0.05, 0) is 38.1 Å². The predicted octanol–water partition coefficient (Wildman–Crippen LogP) is 2.13. The van der Waals surface area contributed by atoms with Crippen LogP contribution in [0.15, 0.2) is 24.3 Å². The van der Waals surface area contributed by atoms with Crippen LogP contribution in [0.3, 0.4) is 0 Å². The lowest BCUT2D eigenvalue weighted by atomic mass is 10.2. The van der Waals surface area contributed by atoms with Crippen molar-refractivity contribution in [2.75, 3.05) is 30.7 Å². The van der Waals surface area contributed by atoms with Gasteiger partial charge in [-0.15, -0.1) is 24.2 Å². The minimum atomic E-state index is -0.346. The second kappa shape index (κ2) is 9.86. The third-order valence-electron chi connectivity index (χ3n) is 3.62. The molecule has 2 N–H and O–H groups in total. The Labute approximate surface area is 152 Å². The fraction of sp³-hybridized carbons (Fsp3) is 0.500. The summed E-state index contributed by atoms with van der Waals surface area (Å²) in [4.78, 5) is 26.1. The molecule has 2 unspecified atom stereocenters. The molecule has 0 saturated carbocycles. The van der Waals surface area contributed by atoms with Gasteiger partial charge in [0, 0.05) is 31.4 Å². The van der Waals surface area contributed by atoms with Crippen LogP contribution in [-0.4, -0.2) is 53.4 Å². The Balaban J connectivity index is 0.00000288. The summed E-state index contributed by atoms with van der Waals surface area (Å²) in [7, 11) is 0. The van der Waals surface area contributed by atoms with E-state index in [9.17, 15) is 14.0 Å². The molecule has 134 valence electrons. The van der Waals surface area contributed by atoms with Crippen LogP contribution < -0.4 is 10.6 Å². The predicted molar refractivity (Wildman–Crippen MR) is 98.2 cm³/mol. The van der Waals surface area contributed by atoms with Gasteiger partial charge in [-0.25, -0.2) is 4.39 Å². The quantitative estimate of drug-likeness (QED) is 0.827. The van der Waals surface area contributed by atoms with Gasteiger partial charge in [0.25, 0.3) is 0 Å². The maximum atomic E-state index is 12.8. The Bertz CT molecular complexity index is 559. The van der Waals surface area contributed by atoms with Crippen molar-refractivity contribution in [1.29, 1.82) is 0 Å².